The highest BCUT2D eigenvalue weighted by atomic mass is 19.2. The van der Waals surface area contributed by atoms with Gasteiger partial charge in [-0.15, -0.1) is 0 Å². The van der Waals surface area contributed by atoms with Gasteiger partial charge in [-0.3, -0.25) is 4.79 Å². The van der Waals surface area contributed by atoms with Gasteiger partial charge in [0, 0.05) is 0 Å². The molecule has 0 aromatic heterocycles. The monoisotopic (exact) mass is 310 g/mol. The topological polar surface area (TPSA) is 37.3 Å². The molecule has 2 rings (SSSR count). The van der Waals surface area contributed by atoms with Crippen LogP contribution in [0.2, 0.25) is 0 Å². The second-order valence-corrected chi connectivity index (χ2v) is 6.36. The van der Waals surface area contributed by atoms with E-state index in [1.54, 1.807) is 0 Å². The highest BCUT2D eigenvalue weighted by Gasteiger charge is 2.27. The summed E-state index contributed by atoms with van der Waals surface area (Å²) in [5.41, 5.74) is 0.0726. The summed E-state index contributed by atoms with van der Waals surface area (Å²) in [7, 11) is 0. The Kier molecular flexibility index (Phi) is 5.92. The highest BCUT2D eigenvalue weighted by molar-refractivity contribution is 5.79. The number of unbranched alkanes of at least 4 members (excludes halogenated alkanes) is 2. The van der Waals surface area contributed by atoms with Crippen molar-refractivity contribution in [1.29, 1.82) is 0 Å². The average Bonchev–Trinajstić information content (AvgIpc) is 2.54. The molecule has 1 N–H and O–H groups in total. The molecule has 1 aliphatic carbocycles. The van der Waals surface area contributed by atoms with Crippen LogP contribution in [0.25, 0.3) is 0 Å². The number of aldehydes is 1. The number of halogens is 2. The summed E-state index contributed by atoms with van der Waals surface area (Å²) in [6.07, 6.45) is 8.96. The molecule has 0 unspecified atom stereocenters. The maximum Gasteiger partial charge on any atom is 0.201 e. The van der Waals surface area contributed by atoms with Gasteiger partial charge >= 0.3 is 0 Å². The van der Waals surface area contributed by atoms with Crippen LogP contribution in [0.3, 0.4) is 0 Å². The van der Waals surface area contributed by atoms with Gasteiger partial charge in [-0.05, 0) is 49.1 Å². The molecule has 22 heavy (non-hydrogen) atoms. The molecule has 0 bridgehead atoms. The molecule has 122 valence electrons. The lowest BCUT2D eigenvalue weighted by molar-refractivity contribution is 0.111. The van der Waals surface area contributed by atoms with Gasteiger partial charge in [0.15, 0.2) is 17.9 Å². The third kappa shape index (κ3) is 3.65. The molecule has 0 aliphatic heterocycles. The highest BCUT2D eigenvalue weighted by Crippen LogP contribution is 2.40. The van der Waals surface area contributed by atoms with Gasteiger partial charge in [-0.1, -0.05) is 32.6 Å². The van der Waals surface area contributed by atoms with Crippen molar-refractivity contribution in [2.75, 3.05) is 0 Å². The van der Waals surface area contributed by atoms with E-state index >= 15 is 0 Å². The zero-order valence-corrected chi connectivity index (χ0v) is 13.1. The number of carbonyl (C=O) groups excluding carboxylic acids is 1. The molecule has 1 fully saturated rings. The molecule has 1 saturated carbocycles. The second kappa shape index (κ2) is 7.70. The van der Waals surface area contributed by atoms with Crippen LogP contribution in [-0.4, -0.2) is 11.4 Å². The summed E-state index contributed by atoms with van der Waals surface area (Å²) in [6, 6.07) is 1.31. The summed E-state index contributed by atoms with van der Waals surface area (Å²) in [4.78, 5) is 10.9. The zero-order chi connectivity index (χ0) is 16.1. The van der Waals surface area contributed by atoms with E-state index in [1.807, 2.05) is 0 Å². The van der Waals surface area contributed by atoms with E-state index in [0.717, 1.165) is 25.7 Å². The van der Waals surface area contributed by atoms with E-state index in [1.165, 1.54) is 31.7 Å². The Balaban J connectivity index is 2.05. The molecule has 0 spiro atoms. The number of rotatable bonds is 6. The van der Waals surface area contributed by atoms with E-state index in [4.69, 9.17) is 0 Å². The predicted octanol–water partition coefficient (Wildman–Crippen LogP) is 5.34. The second-order valence-electron chi connectivity index (χ2n) is 6.36. The maximum absolute atomic E-state index is 14.1. The van der Waals surface area contributed by atoms with Crippen molar-refractivity contribution < 1.29 is 18.7 Å². The lowest BCUT2D eigenvalue weighted by Gasteiger charge is -2.29. The molecule has 0 atom stereocenters. The van der Waals surface area contributed by atoms with Gasteiger partial charge < -0.3 is 5.11 Å². The molecule has 0 amide bonds. The van der Waals surface area contributed by atoms with Crippen LogP contribution in [0, 0.1) is 17.6 Å². The van der Waals surface area contributed by atoms with Crippen molar-refractivity contribution >= 4 is 6.29 Å². The smallest absolute Gasteiger partial charge is 0.201 e. The summed E-state index contributed by atoms with van der Waals surface area (Å²) in [6.45, 7) is 2.18. The number of phenolic OH excluding ortho intramolecular Hbond substituents is 1. The summed E-state index contributed by atoms with van der Waals surface area (Å²) < 4.78 is 27.8. The van der Waals surface area contributed by atoms with E-state index in [-0.39, 0.29) is 17.0 Å². The normalized spacial score (nSPS) is 21.8. The Morgan fingerprint density at radius 1 is 1.18 bits per heavy atom. The predicted molar refractivity (Wildman–Crippen MR) is 82.3 cm³/mol. The molecule has 2 nitrogen and oxygen atoms in total. The van der Waals surface area contributed by atoms with Crippen LogP contribution < -0.4 is 0 Å². The number of phenols is 1. The maximum atomic E-state index is 14.1. The number of benzene rings is 1. The van der Waals surface area contributed by atoms with Crippen molar-refractivity contribution in [2.45, 2.75) is 64.2 Å². The third-order valence-corrected chi connectivity index (χ3v) is 4.87. The first kappa shape index (κ1) is 16.9. The quantitative estimate of drug-likeness (QED) is 0.569. The first-order chi connectivity index (χ1) is 10.6. The number of hydrogen-bond acceptors (Lipinski definition) is 2. The van der Waals surface area contributed by atoms with Crippen LogP contribution in [0.5, 0.6) is 5.75 Å². The van der Waals surface area contributed by atoms with E-state index in [2.05, 4.69) is 6.92 Å². The molecule has 4 heteroatoms. The summed E-state index contributed by atoms with van der Waals surface area (Å²) in [5.74, 6) is -2.57. The van der Waals surface area contributed by atoms with Gasteiger partial charge in [0.1, 0.15) is 0 Å². The Morgan fingerprint density at radius 3 is 2.45 bits per heavy atom. The number of aromatic hydroxyl groups is 1. The van der Waals surface area contributed by atoms with Crippen molar-refractivity contribution in [3.8, 4) is 5.75 Å². The minimum atomic E-state index is -1.30. The lowest BCUT2D eigenvalue weighted by Crippen LogP contribution is -2.15. The van der Waals surface area contributed by atoms with Gasteiger partial charge in [0.25, 0.3) is 0 Å². The molecule has 0 radical (unpaired) electrons. The van der Waals surface area contributed by atoms with Gasteiger partial charge in [-0.2, -0.15) is 4.39 Å². The number of carbonyl (C=O) groups is 1. The van der Waals surface area contributed by atoms with Crippen molar-refractivity contribution in [3.05, 3.63) is 28.8 Å². The number of hydrogen-bond donors (Lipinski definition) is 1. The van der Waals surface area contributed by atoms with E-state index in [0.29, 0.717) is 12.2 Å². The molecule has 0 saturated heterocycles. The standard InChI is InChI=1S/C18H24F2O2/c1-2-3-4-5-12-6-8-13(9-7-12)15-10-14(11-21)18(22)17(20)16(15)19/h10-13,22H,2-9H2,1H3/t12-,13-. The molecular formula is C18H24F2O2. The van der Waals surface area contributed by atoms with Gasteiger partial charge in [0.2, 0.25) is 5.82 Å². The molecule has 1 aromatic rings. The third-order valence-electron chi connectivity index (χ3n) is 4.87. The van der Waals surface area contributed by atoms with Crippen molar-refractivity contribution in [3.63, 3.8) is 0 Å². The molecule has 1 aromatic carbocycles. The van der Waals surface area contributed by atoms with E-state index in [9.17, 15) is 18.7 Å². The Hall–Kier alpha value is -1.45. The van der Waals surface area contributed by atoms with Crippen LogP contribution >= 0.6 is 0 Å². The zero-order valence-electron chi connectivity index (χ0n) is 13.1. The minimum absolute atomic E-state index is 0.0591. The van der Waals surface area contributed by atoms with Crippen LogP contribution in [0.4, 0.5) is 8.78 Å². The van der Waals surface area contributed by atoms with Crippen molar-refractivity contribution in [1.82, 2.24) is 0 Å². The summed E-state index contributed by atoms with van der Waals surface area (Å²) >= 11 is 0. The average molecular weight is 310 g/mol. The van der Waals surface area contributed by atoms with Crippen molar-refractivity contribution in [2.24, 2.45) is 5.92 Å². The van der Waals surface area contributed by atoms with Gasteiger partial charge in [0.05, 0.1) is 5.56 Å². The van der Waals surface area contributed by atoms with Crippen LogP contribution in [0.15, 0.2) is 6.07 Å². The lowest BCUT2D eigenvalue weighted by atomic mass is 9.76. The fourth-order valence-corrected chi connectivity index (χ4v) is 3.49. The first-order valence-electron chi connectivity index (χ1n) is 8.24. The SMILES string of the molecule is CCCCC[C@H]1CC[C@H](c2cc(C=O)c(O)c(F)c2F)CC1. The Bertz CT molecular complexity index is 520. The van der Waals surface area contributed by atoms with E-state index < -0.39 is 17.4 Å². The van der Waals surface area contributed by atoms with Gasteiger partial charge in [-0.25, -0.2) is 4.39 Å². The molecular weight excluding hydrogens is 286 g/mol. The minimum Gasteiger partial charge on any atom is -0.504 e. The van der Waals surface area contributed by atoms with Crippen LogP contribution in [-0.2, 0) is 0 Å². The molecule has 1 aliphatic rings. The fourth-order valence-electron chi connectivity index (χ4n) is 3.49. The fraction of sp³-hybridized carbons (Fsp3) is 0.611. The largest absolute Gasteiger partial charge is 0.504 e. The Morgan fingerprint density at radius 2 is 1.86 bits per heavy atom. The molecule has 0 heterocycles. The van der Waals surface area contributed by atoms with Crippen LogP contribution in [0.1, 0.15) is 80.1 Å². The summed E-state index contributed by atoms with van der Waals surface area (Å²) in [5, 5.41) is 9.42. The first-order valence-corrected chi connectivity index (χ1v) is 8.24. The Labute approximate surface area is 130 Å².